The molecule has 0 heterocycles. The van der Waals surface area contributed by atoms with Crippen LogP contribution < -0.4 is 11.3 Å². The van der Waals surface area contributed by atoms with Gasteiger partial charge in [0, 0.05) is 11.1 Å². The third-order valence-corrected chi connectivity index (χ3v) is 4.21. The van der Waals surface area contributed by atoms with Crippen LogP contribution in [0.25, 0.3) is 11.1 Å². The zero-order valence-corrected chi connectivity index (χ0v) is 17.3. The van der Waals surface area contributed by atoms with Crippen LogP contribution in [0.1, 0.15) is 38.3 Å². The Morgan fingerprint density at radius 3 is 2.10 bits per heavy atom. The van der Waals surface area contributed by atoms with Gasteiger partial charge in [0.05, 0.1) is 31.1 Å². The molecule has 0 aliphatic rings. The van der Waals surface area contributed by atoms with E-state index in [1.807, 2.05) is 48.5 Å². The van der Waals surface area contributed by atoms with Gasteiger partial charge in [0.2, 0.25) is 0 Å². The lowest BCUT2D eigenvalue weighted by Gasteiger charge is -2.15. The number of rotatable bonds is 8. The predicted molar refractivity (Wildman–Crippen MR) is 116 cm³/mol. The molecule has 2 aromatic carbocycles. The van der Waals surface area contributed by atoms with Crippen LogP contribution in [0.15, 0.2) is 58.7 Å². The first-order chi connectivity index (χ1) is 14.5. The van der Waals surface area contributed by atoms with Crippen molar-refractivity contribution in [2.45, 2.75) is 27.2 Å². The van der Waals surface area contributed by atoms with E-state index in [2.05, 4.69) is 15.6 Å². The molecule has 0 aliphatic carbocycles. The summed E-state index contributed by atoms with van der Waals surface area (Å²) < 4.78 is 9.87. The molecule has 0 radical (unpaired) electrons. The Bertz CT molecular complexity index is 954. The first-order valence-electron chi connectivity index (χ1n) is 9.60. The van der Waals surface area contributed by atoms with Crippen molar-refractivity contribution in [3.63, 3.8) is 0 Å². The smallest absolute Gasteiger partial charge is 0.427 e. The molecule has 0 saturated heterocycles. The first-order valence-corrected chi connectivity index (χ1v) is 9.60. The maximum atomic E-state index is 12.0. The Balaban J connectivity index is 2.45. The first kappa shape index (κ1) is 22.6. The number of benzene rings is 2. The third-order valence-electron chi connectivity index (χ3n) is 4.21. The Labute approximate surface area is 175 Å². The second-order valence-corrected chi connectivity index (χ2v) is 6.18. The zero-order valence-electron chi connectivity index (χ0n) is 17.3. The van der Waals surface area contributed by atoms with E-state index in [0.29, 0.717) is 17.0 Å². The summed E-state index contributed by atoms with van der Waals surface area (Å²) in [6, 6.07) is 15.1. The molecule has 1 amide bonds. The molecule has 0 unspecified atom stereocenters. The van der Waals surface area contributed by atoms with E-state index in [1.165, 1.54) is 0 Å². The second-order valence-electron chi connectivity index (χ2n) is 6.18. The minimum absolute atomic E-state index is 0.0407. The molecule has 8 heteroatoms. The number of ether oxygens (including phenoxy) is 2. The predicted octanol–water partition coefficient (Wildman–Crippen LogP) is 3.44. The Morgan fingerprint density at radius 2 is 1.50 bits per heavy atom. The fourth-order valence-corrected chi connectivity index (χ4v) is 2.92. The maximum Gasteiger partial charge on any atom is 0.427 e. The largest absolute Gasteiger partial charge is 0.466 e. The van der Waals surface area contributed by atoms with Crippen molar-refractivity contribution in [1.29, 1.82) is 0 Å². The molecule has 158 valence electrons. The van der Waals surface area contributed by atoms with E-state index in [4.69, 9.17) is 15.3 Å². The topological polar surface area (TPSA) is 115 Å². The van der Waals surface area contributed by atoms with Gasteiger partial charge in [-0.2, -0.15) is 10.2 Å². The van der Waals surface area contributed by atoms with Gasteiger partial charge in [-0.3, -0.25) is 4.79 Å². The number of nitrogens with one attached hydrogen (secondary N) is 1. The summed E-state index contributed by atoms with van der Waals surface area (Å²) >= 11 is 0. The minimum Gasteiger partial charge on any atom is -0.466 e. The van der Waals surface area contributed by atoms with Crippen molar-refractivity contribution in [3.8, 4) is 11.1 Å². The minimum atomic E-state index is -0.623. The standard InChI is InChI=1S/C22H26N4O4/c1-4-29-21(27)14-20(24-23)19-13-9-8-12-18(19)17-11-7-6-10-16(17)15(3)25-26-22(28)30-5-2/h6-13H,4-5,14,23H2,1-3H3,(H,26,28)/b24-20-,25-15-. The van der Waals surface area contributed by atoms with Gasteiger partial charge in [0.25, 0.3) is 0 Å². The third kappa shape index (κ3) is 5.91. The number of amides is 1. The molecule has 2 rings (SSSR count). The van der Waals surface area contributed by atoms with E-state index in [9.17, 15) is 9.59 Å². The number of esters is 1. The number of hydrogen-bond acceptors (Lipinski definition) is 7. The molecular weight excluding hydrogens is 384 g/mol. The summed E-state index contributed by atoms with van der Waals surface area (Å²) in [5, 5.41) is 7.96. The van der Waals surface area contributed by atoms with Crippen molar-refractivity contribution >= 4 is 23.5 Å². The highest BCUT2D eigenvalue weighted by Crippen LogP contribution is 2.29. The molecule has 0 saturated carbocycles. The number of nitrogens with two attached hydrogens (primary N) is 1. The summed E-state index contributed by atoms with van der Waals surface area (Å²) in [7, 11) is 0. The number of hydrazone groups is 2. The van der Waals surface area contributed by atoms with Crippen LogP contribution in [0.2, 0.25) is 0 Å². The van der Waals surface area contributed by atoms with Crippen molar-refractivity contribution in [2.75, 3.05) is 13.2 Å². The number of carbonyl (C=O) groups is 2. The Kier molecular flexibility index (Phi) is 8.56. The van der Waals surface area contributed by atoms with Crippen molar-refractivity contribution in [2.24, 2.45) is 16.0 Å². The lowest BCUT2D eigenvalue weighted by molar-refractivity contribution is -0.141. The fourth-order valence-electron chi connectivity index (χ4n) is 2.92. The normalized spacial score (nSPS) is 11.7. The van der Waals surface area contributed by atoms with Crippen LogP contribution in [0, 0.1) is 0 Å². The molecule has 0 bridgehead atoms. The average molecular weight is 410 g/mol. The van der Waals surface area contributed by atoms with Gasteiger partial charge in [0.1, 0.15) is 0 Å². The van der Waals surface area contributed by atoms with Gasteiger partial charge in [0.15, 0.2) is 0 Å². The molecule has 0 aromatic heterocycles. The number of hydrogen-bond donors (Lipinski definition) is 2. The molecule has 0 spiro atoms. The highest BCUT2D eigenvalue weighted by molar-refractivity contribution is 6.14. The van der Waals surface area contributed by atoms with Crippen LogP contribution in [-0.4, -0.2) is 36.7 Å². The van der Waals surface area contributed by atoms with Gasteiger partial charge in [-0.25, -0.2) is 10.2 Å². The van der Waals surface area contributed by atoms with E-state index in [-0.39, 0.29) is 19.6 Å². The fraction of sp³-hybridized carbons (Fsp3) is 0.273. The second kappa shape index (κ2) is 11.4. The molecule has 8 nitrogen and oxygen atoms in total. The lowest BCUT2D eigenvalue weighted by atomic mass is 9.91. The van der Waals surface area contributed by atoms with Crippen LogP contribution >= 0.6 is 0 Å². The highest BCUT2D eigenvalue weighted by atomic mass is 16.5. The van der Waals surface area contributed by atoms with E-state index in [1.54, 1.807) is 20.8 Å². The van der Waals surface area contributed by atoms with E-state index >= 15 is 0 Å². The molecule has 3 N–H and O–H groups in total. The van der Waals surface area contributed by atoms with Gasteiger partial charge in [-0.05, 0) is 31.9 Å². The lowest BCUT2D eigenvalue weighted by Crippen LogP contribution is -2.20. The molecular formula is C22H26N4O4. The maximum absolute atomic E-state index is 12.0. The SMILES string of the molecule is CCOC(=O)C/C(=N/N)c1ccccc1-c1ccccc1/C(C)=N\NC(=O)OCC. The quantitative estimate of drug-likeness (QED) is 0.299. The molecule has 0 aliphatic heterocycles. The number of carbonyl (C=O) groups excluding carboxylic acids is 2. The summed E-state index contributed by atoms with van der Waals surface area (Å²) in [5.41, 5.74) is 6.57. The van der Waals surface area contributed by atoms with Crippen LogP contribution in [0.4, 0.5) is 4.79 Å². The van der Waals surface area contributed by atoms with Crippen molar-refractivity contribution in [1.82, 2.24) is 5.43 Å². The van der Waals surface area contributed by atoms with E-state index in [0.717, 1.165) is 16.7 Å². The summed E-state index contributed by atoms with van der Waals surface area (Å²) in [5.74, 6) is 5.20. The summed E-state index contributed by atoms with van der Waals surface area (Å²) in [6.07, 6.45) is -0.664. The van der Waals surface area contributed by atoms with Gasteiger partial charge < -0.3 is 15.3 Å². The summed E-state index contributed by atoms with van der Waals surface area (Å²) in [6.45, 7) is 5.78. The van der Waals surface area contributed by atoms with Crippen LogP contribution in [0.5, 0.6) is 0 Å². The summed E-state index contributed by atoms with van der Waals surface area (Å²) in [4.78, 5) is 23.5. The Hall–Kier alpha value is -3.68. The molecule has 2 aromatic rings. The van der Waals surface area contributed by atoms with Crippen molar-refractivity contribution in [3.05, 3.63) is 59.7 Å². The van der Waals surface area contributed by atoms with Crippen molar-refractivity contribution < 1.29 is 19.1 Å². The average Bonchev–Trinajstić information content (AvgIpc) is 2.76. The highest BCUT2D eigenvalue weighted by Gasteiger charge is 2.17. The molecule has 0 fully saturated rings. The van der Waals surface area contributed by atoms with E-state index < -0.39 is 12.1 Å². The molecule has 30 heavy (non-hydrogen) atoms. The Morgan fingerprint density at radius 1 is 0.933 bits per heavy atom. The zero-order chi connectivity index (χ0) is 21.9. The van der Waals surface area contributed by atoms with Gasteiger partial charge in [-0.1, -0.05) is 48.5 Å². The van der Waals surface area contributed by atoms with Crippen LogP contribution in [-0.2, 0) is 14.3 Å². The van der Waals surface area contributed by atoms with Crippen LogP contribution in [0.3, 0.4) is 0 Å². The molecule has 0 atom stereocenters. The monoisotopic (exact) mass is 410 g/mol. The van der Waals surface area contributed by atoms with Gasteiger partial charge >= 0.3 is 12.1 Å². The van der Waals surface area contributed by atoms with Gasteiger partial charge in [-0.15, -0.1) is 0 Å². The number of nitrogens with zero attached hydrogens (tertiary/aromatic N) is 2.